The number of esters is 1. The Bertz CT molecular complexity index is 529. The van der Waals surface area contributed by atoms with Crippen molar-refractivity contribution in [3.63, 3.8) is 0 Å². The highest BCUT2D eigenvalue weighted by Crippen LogP contribution is 2.22. The van der Waals surface area contributed by atoms with Gasteiger partial charge in [-0.3, -0.25) is 9.79 Å². The molecule has 5 nitrogen and oxygen atoms in total. The lowest BCUT2D eigenvalue weighted by atomic mass is 10.2. The molecule has 0 radical (unpaired) electrons. The quantitative estimate of drug-likeness (QED) is 0.864. The molecule has 1 N–H and O–H groups in total. The van der Waals surface area contributed by atoms with Gasteiger partial charge in [0, 0.05) is 11.4 Å². The third kappa shape index (κ3) is 4.28. The number of thioether (sulfide) groups is 2. The SMILES string of the molecule is COC(=O)c1ccc(NC(=O)CSC2=NCCS2)cc1. The largest absolute Gasteiger partial charge is 0.465 e. The van der Waals surface area contributed by atoms with Crippen LogP contribution in [0.4, 0.5) is 5.69 Å². The molecule has 1 aromatic carbocycles. The molecule has 0 aromatic heterocycles. The summed E-state index contributed by atoms with van der Waals surface area (Å²) in [6, 6.07) is 6.59. The number of benzene rings is 1. The van der Waals surface area contributed by atoms with E-state index in [1.807, 2.05) is 0 Å². The topological polar surface area (TPSA) is 67.8 Å². The van der Waals surface area contributed by atoms with E-state index in [0.29, 0.717) is 17.0 Å². The maximum absolute atomic E-state index is 11.8. The van der Waals surface area contributed by atoms with Crippen molar-refractivity contribution >= 4 is 45.5 Å². The minimum absolute atomic E-state index is 0.0870. The van der Waals surface area contributed by atoms with E-state index in [1.54, 1.807) is 36.0 Å². The average Bonchev–Trinajstić information content (AvgIpc) is 2.98. The highest BCUT2D eigenvalue weighted by Gasteiger charge is 2.11. The fraction of sp³-hybridized carbons (Fsp3) is 0.308. The summed E-state index contributed by atoms with van der Waals surface area (Å²) < 4.78 is 5.58. The van der Waals surface area contributed by atoms with Gasteiger partial charge in [0.15, 0.2) is 0 Å². The van der Waals surface area contributed by atoms with Crippen LogP contribution in [0.5, 0.6) is 0 Å². The number of nitrogens with one attached hydrogen (secondary N) is 1. The Hall–Kier alpha value is -1.47. The molecule has 0 fully saturated rings. The molecule has 0 saturated carbocycles. The van der Waals surface area contributed by atoms with E-state index >= 15 is 0 Å². The van der Waals surface area contributed by atoms with Crippen LogP contribution < -0.4 is 5.32 Å². The van der Waals surface area contributed by atoms with Crippen molar-refractivity contribution < 1.29 is 14.3 Å². The zero-order chi connectivity index (χ0) is 14.4. The van der Waals surface area contributed by atoms with Crippen LogP contribution >= 0.6 is 23.5 Å². The number of amides is 1. The normalized spacial score (nSPS) is 13.8. The van der Waals surface area contributed by atoms with Crippen LogP contribution in [0.25, 0.3) is 0 Å². The lowest BCUT2D eigenvalue weighted by Gasteiger charge is -2.05. The number of hydrogen-bond donors (Lipinski definition) is 1. The molecule has 0 bridgehead atoms. The first-order chi connectivity index (χ1) is 9.69. The van der Waals surface area contributed by atoms with Crippen LogP contribution in [0.15, 0.2) is 29.3 Å². The third-order valence-corrected chi connectivity index (χ3v) is 4.73. The molecule has 20 heavy (non-hydrogen) atoms. The molecule has 0 aliphatic carbocycles. The summed E-state index contributed by atoms with van der Waals surface area (Å²) in [7, 11) is 1.33. The smallest absolute Gasteiger partial charge is 0.337 e. The molecule has 0 spiro atoms. The Labute approximate surface area is 125 Å². The average molecular weight is 310 g/mol. The minimum atomic E-state index is -0.394. The van der Waals surface area contributed by atoms with Crippen molar-refractivity contribution in [2.24, 2.45) is 4.99 Å². The molecule has 1 aliphatic rings. The van der Waals surface area contributed by atoms with E-state index in [1.165, 1.54) is 18.9 Å². The van der Waals surface area contributed by atoms with E-state index in [-0.39, 0.29) is 5.91 Å². The fourth-order valence-electron chi connectivity index (χ4n) is 1.53. The molecule has 1 heterocycles. The van der Waals surface area contributed by atoms with Crippen molar-refractivity contribution in [1.29, 1.82) is 0 Å². The Balaban J connectivity index is 1.83. The predicted molar refractivity (Wildman–Crippen MR) is 83.6 cm³/mol. The molecule has 2 rings (SSSR count). The summed E-state index contributed by atoms with van der Waals surface area (Å²) in [5.74, 6) is 0.856. The van der Waals surface area contributed by atoms with Crippen LogP contribution in [-0.4, -0.2) is 41.4 Å². The highest BCUT2D eigenvalue weighted by atomic mass is 32.2. The molecule has 1 aromatic rings. The zero-order valence-electron chi connectivity index (χ0n) is 10.9. The van der Waals surface area contributed by atoms with Gasteiger partial charge in [-0.2, -0.15) is 0 Å². The van der Waals surface area contributed by atoms with E-state index in [0.717, 1.165) is 16.7 Å². The summed E-state index contributed by atoms with van der Waals surface area (Å²) in [5.41, 5.74) is 1.11. The summed E-state index contributed by atoms with van der Waals surface area (Å²) in [6.07, 6.45) is 0. The molecular formula is C13H14N2O3S2. The van der Waals surface area contributed by atoms with E-state index in [2.05, 4.69) is 15.0 Å². The summed E-state index contributed by atoms with van der Waals surface area (Å²) >= 11 is 3.13. The van der Waals surface area contributed by atoms with Gasteiger partial charge in [0.2, 0.25) is 5.91 Å². The Morgan fingerprint density at radius 2 is 2.15 bits per heavy atom. The third-order valence-electron chi connectivity index (χ3n) is 2.47. The molecule has 1 aliphatic heterocycles. The molecule has 7 heteroatoms. The van der Waals surface area contributed by atoms with E-state index < -0.39 is 5.97 Å². The molecule has 0 atom stereocenters. The number of ether oxygens (including phenoxy) is 1. The second-order valence-corrected chi connectivity index (χ2v) is 6.21. The van der Waals surface area contributed by atoms with Crippen molar-refractivity contribution in [2.45, 2.75) is 0 Å². The van der Waals surface area contributed by atoms with Gasteiger partial charge in [-0.15, -0.1) is 0 Å². The second kappa shape index (κ2) is 7.35. The van der Waals surface area contributed by atoms with Crippen LogP contribution in [0, 0.1) is 0 Å². The Kier molecular flexibility index (Phi) is 5.49. The van der Waals surface area contributed by atoms with Crippen molar-refractivity contribution in [3.8, 4) is 0 Å². The first kappa shape index (κ1) is 14.9. The molecule has 1 amide bonds. The number of methoxy groups -OCH3 is 1. The van der Waals surface area contributed by atoms with Crippen LogP contribution in [0.2, 0.25) is 0 Å². The number of rotatable bonds is 4. The zero-order valence-corrected chi connectivity index (χ0v) is 12.6. The lowest BCUT2D eigenvalue weighted by molar-refractivity contribution is -0.113. The van der Waals surface area contributed by atoms with Gasteiger partial charge in [-0.1, -0.05) is 23.5 Å². The van der Waals surface area contributed by atoms with Crippen LogP contribution in [-0.2, 0) is 9.53 Å². The molecule has 106 valence electrons. The Morgan fingerprint density at radius 3 is 2.75 bits per heavy atom. The number of hydrogen-bond acceptors (Lipinski definition) is 6. The first-order valence-corrected chi connectivity index (χ1v) is 7.94. The first-order valence-electron chi connectivity index (χ1n) is 5.97. The number of aliphatic imine (C=N–C) groups is 1. The van der Waals surface area contributed by atoms with Crippen LogP contribution in [0.1, 0.15) is 10.4 Å². The monoisotopic (exact) mass is 310 g/mol. The van der Waals surface area contributed by atoms with Crippen molar-refractivity contribution in [2.75, 3.05) is 30.5 Å². The van der Waals surface area contributed by atoms with Gasteiger partial charge in [0.25, 0.3) is 0 Å². The highest BCUT2D eigenvalue weighted by molar-refractivity contribution is 8.39. The van der Waals surface area contributed by atoms with Gasteiger partial charge in [-0.05, 0) is 24.3 Å². The molecule has 0 saturated heterocycles. The van der Waals surface area contributed by atoms with Gasteiger partial charge in [0.1, 0.15) is 4.38 Å². The van der Waals surface area contributed by atoms with Gasteiger partial charge in [0.05, 0.1) is 25.0 Å². The maximum atomic E-state index is 11.8. The van der Waals surface area contributed by atoms with Gasteiger partial charge in [-0.25, -0.2) is 4.79 Å². The van der Waals surface area contributed by atoms with E-state index in [4.69, 9.17) is 0 Å². The Morgan fingerprint density at radius 1 is 1.40 bits per heavy atom. The van der Waals surface area contributed by atoms with Crippen molar-refractivity contribution in [3.05, 3.63) is 29.8 Å². The minimum Gasteiger partial charge on any atom is -0.465 e. The van der Waals surface area contributed by atoms with E-state index in [9.17, 15) is 9.59 Å². The maximum Gasteiger partial charge on any atom is 0.337 e. The molecule has 0 unspecified atom stereocenters. The summed E-state index contributed by atoms with van der Waals surface area (Å²) in [6.45, 7) is 0.837. The van der Waals surface area contributed by atoms with Gasteiger partial charge >= 0.3 is 5.97 Å². The number of nitrogens with zero attached hydrogens (tertiary/aromatic N) is 1. The summed E-state index contributed by atoms with van der Waals surface area (Å²) in [4.78, 5) is 27.3. The second-order valence-electron chi connectivity index (χ2n) is 3.90. The fourth-order valence-corrected chi connectivity index (χ4v) is 3.34. The number of carbonyl (C=O) groups excluding carboxylic acids is 2. The van der Waals surface area contributed by atoms with Crippen LogP contribution in [0.3, 0.4) is 0 Å². The number of anilines is 1. The lowest BCUT2D eigenvalue weighted by Crippen LogP contribution is -2.14. The number of carbonyl (C=O) groups is 2. The molecular weight excluding hydrogens is 296 g/mol. The van der Waals surface area contributed by atoms with Crippen molar-refractivity contribution in [1.82, 2.24) is 0 Å². The van der Waals surface area contributed by atoms with Gasteiger partial charge < -0.3 is 10.1 Å². The summed E-state index contributed by atoms with van der Waals surface area (Å²) in [5, 5.41) is 2.77. The standard InChI is InChI=1S/C13H14N2O3S2/c1-18-12(17)9-2-4-10(5-3-9)15-11(16)8-20-13-14-6-7-19-13/h2-5H,6-8H2,1H3,(H,15,16). The predicted octanol–water partition coefficient (Wildman–Crippen LogP) is 2.25.